The van der Waals surface area contributed by atoms with Crippen LogP contribution >= 0.6 is 0 Å². The summed E-state index contributed by atoms with van der Waals surface area (Å²) in [5, 5.41) is 0. The molecule has 0 saturated heterocycles. The molecule has 6 heteroatoms. The number of para-hydroxylation sites is 1. The number of amides is 1. The maximum Gasteiger partial charge on any atom is 0.242 e. The fourth-order valence-corrected chi connectivity index (χ4v) is 4.98. The van der Waals surface area contributed by atoms with Gasteiger partial charge in [0.2, 0.25) is 15.9 Å². The molecule has 1 saturated carbocycles. The van der Waals surface area contributed by atoms with Gasteiger partial charge in [-0.3, -0.25) is 4.79 Å². The molecule has 1 fully saturated rings. The van der Waals surface area contributed by atoms with Gasteiger partial charge in [0.15, 0.2) is 0 Å². The van der Waals surface area contributed by atoms with Gasteiger partial charge in [-0.15, -0.1) is 0 Å². The van der Waals surface area contributed by atoms with E-state index in [4.69, 9.17) is 0 Å². The summed E-state index contributed by atoms with van der Waals surface area (Å²) in [6, 6.07) is 7.83. The van der Waals surface area contributed by atoms with Gasteiger partial charge < -0.3 is 4.90 Å². The first-order valence-corrected chi connectivity index (χ1v) is 10.7. The third-order valence-electron chi connectivity index (χ3n) is 5.14. The summed E-state index contributed by atoms with van der Waals surface area (Å²) < 4.78 is 26.0. The fourth-order valence-electron chi connectivity index (χ4n) is 3.88. The normalized spacial score (nSPS) is 19.3. The molecule has 0 atom stereocenters. The minimum atomic E-state index is -3.40. The van der Waals surface area contributed by atoms with Crippen molar-refractivity contribution in [1.82, 2.24) is 4.31 Å². The second kappa shape index (κ2) is 7.23. The van der Waals surface area contributed by atoms with Gasteiger partial charge in [0, 0.05) is 18.3 Å². The molecule has 1 aromatic carbocycles. The summed E-state index contributed by atoms with van der Waals surface area (Å²) in [6.07, 6.45) is 8.17. The lowest BCUT2D eigenvalue weighted by molar-refractivity contribution is -0.119. The maximum atomic E-state index is 12.8. The van der Waals surface area contributed by atoms with Crippen LogP contribution in [0.5, 0.6) is 0 Å². The SMILES string of the molecule is CS(=O)(=O)N(CC(=O)N1CCc2ccccc21)C1CCCCCC1. The molecule has 1 aliphatic heterocycles. The van der Waals surface area contributed by atoms with E-state index in [9.17, 15) is 13.2 Å². The largest absolute Gasteiger partial charge is 0.311 e. The first-order valence-electron chi connectivity index (χ1n) is 8.82. The zero-order valence-corrected chi connectivity index (χ0v) is 15.1. The number of anilines is 1. The van der Waals surface area contributed by atoms with Crippen LogP contribution in [-0.2, 0) is 21.2 Å². The van der Waals surface area contributed by atoms with Crippen molar-refractivity contribution in [2.24, 2.45) is 0 Å². The van der Waals surface area contributed by atoms with E-state index in [2.05, 4.69) is 0 Å². The molecule has 2 aliphatic rings. The van der Waals surface area contributed by atoms with Crippen molar-refractivity contribution in [2.75, 3.05) is 24.2 Å². The number of nitrogens with zero attached hydrogens (tertiary/aromatic N) is 2. The van der Waals surface area contributed by atoms with Crippen LogP contribution in [0, 0.1) is 0 Å². The molecule has 0 unspecified atom stereocenters. The molecule has 132 valence electrons. The predicted octanol–water partition coefficient (Wildman–Crippen LogP) is 2.56. The molecule has 1 heterocycles. The summed E-state index contributed by atoms with van der Waals surface area (Å²) in [5.74, 6) is -0.116. The first-order chi connectivity index (χ1) is 11.5. The van der Waals surface area contributed by atoms with Gasteiger partial charge >= 0.3 is 0 Å². The molecule has 0 N–H and O–H groups in total. The highest BCUT2D eigenvalue weighted by Crippen LogP contribution is 2.29. The summed E-state index contributed by atoms with van der Waals surface area (Å²) in [7, 11) is -3.40. The molecular weight excluding hydrogens is 324 g/mol. The van der Waals surface area contributed by atoms with Crippen LogP contribution < -0.4 is 4.90 Å². The van der Waals surface area contributed by atoms with E-state index in [1.165, 1.54) is 10.6 Å². The molecule has 0 radical (unpaired) electrons. The summed E-state index contributed by atoms with van der Waals surface area (Å²) in [6.45, 7) is 0.596. The first kappa shape index (κ1) is 17.4. The van der Waals surface area contributed by atoms with Crippen molar-refractivity contribution in [1.29, 1.82) is 0 Å². The Labute approximate surface area is 144 Å². The number of sulfonamides is 1. The summed E-state index contributed by atoms with van der Waals surface area (Å²) in [4.78, 5) is 14.6. The van der Waals surface area contributed by atoms with E-state index in [1.54, 1.807) is 4.90 Å². The molecule has 1 aliphatic carbocycles. The highest BCUT2D eigenvalue weighted by molar-refractivity contribution is 7.88. The van der Waals surface area contributed by atoms with Crippen molar-refractivity contribution in [2.45, 2.75) is 51.0 Å². The molecule has 3 rings (SSSR count). The predicted molar refractivity (Wildman–Crippen MR) is 95.5 cm³/mol. The molecule has 5 nitrogen and oxygen atoms in total. The van der Waals surface area contributed by atoms with Gasteiger partial charge in [0.25, 0.3) is 0 Å². The maximum absolute atomic E-state index is 12.8. The molecular formula is C18H26N2O3S. The van der Waals surface area contributed by atoms with Gasteiger partial charge in [-0.2, -0.15) is 4.31 Å². The third-order valence-corrected chi connectivity index (χ3v) is 6.42. The van der Waals surface area contributed by atoms with Crippen LogP contribution in [0.3, 0.4) is 0 Å². The number of carbonyl (C=O) groups is 1. The van der Waals surface area contributed by atoms with Crippen LogP contribution in [0.25, 0.3) is 0 Å². The molecule has 0 bridgehead atoms. The van der Waals surface area contributed by atoms with Gasteiger partial charge in [-0.25, -0.2) is 8.42 Å². The molecule has 0 aromatic heterocycles. The Hall–Kier alpha value is -1.40. The van der Waals surface area contributed by atoms with Crippen molar-refractivity contribution in [3.63, 3.8) is 0 Å². The van der Waals surface area contributed by atoms with Gasteiger partial charge in [0.1, 0.15) is 0 Å². The van der Waals surface area contributed by atoms with Crippen molar-refractivity contribution in [3.05, 3.63) is 29.8 Å². The lowest BCUT2D eigenvalue weighted by atomic mass is 10.1. The third kappa shape index (κ3) is 3.81. The zero-order chi connectivity index (χ0) is 17.2. The summed E-state index contributed by atoms with van der Waals surface area (Å²) in [5.41, 5.74) is 2.09. The second-order valence-corrected chi connectivity index (χ2v) is 8.81. The Bertz CT molecular complexity index is 694. The van der Waals surface area contributed by atoms with Crippen LogP contribution in [-0.4, -0.2) is 44.0 Å². The quantitative estimate of drug-likeness (QED) is 0.784. The van der Waals surface area contributed by atoms with Crippen molar-refractivity contribution >= 4 is 21.6 Å². The number of carbonyl (C=O) groups excluding carboxylic acids is 1. The van der Waals surface area contributed by atoms with Crippen molar-refractivity contribution in [3.8, 4) is 0 Å². The average molecular weight is 350 g/mol. The lowest BCUT2D eigenvalue weighted by Gasteiger charge is -2.30. The smallest absolute Gasteiger partial charge is 0.242 e. The van der Waals surface area contributed by atoms with Crippen LogP contribution in [0.2, 0.25) is 0 Å². The number of rotatable bonds is 4. The second-order valence-electron chi connectivity index (χ2n) is 6.88. The Morgan fingerprint density at radius 2 is 1.83 bits per heavy atom. The fraction of sp³-hybridized carbons (Fsp3) is 0.611. The van der Waals surface area contributed by atoms with Crippen LogP contribution in [0.15, 0.2) is 24.3 Å². The Kier molecular flexibility index (Phi) is 5.25. The average Bonchev–Trinajstić information content (AvgIpc) is 2.79. The molecule has 0 spiro atoms. The standard InChI is InChI=1S/C18H26N2O3S/c1-24(22,23)20(16-9-4-2-3-5-10-16)14-18(21)19-13-12-15-8-6-7-11-17(15)19/h6-8,11,16H,2-5,9-10,12-14H2,1H3. The number of fused-ring (bicyclic) bond motifs is 1. The van der Waals surface area contributed by atoms with Gasteiger partial charge in [0.05, 0.1) is 12.8 Å². The molecule has 1 aromatic rings. The monoisotopic (exact) mass is 350 g/mol. The minimum absolute atomic E-state index is 0.0377. The van der Waals surface area contributed by atoms with Crippen molar-refractivity contribution < 1.29 is 13.2 Å². The van der Waals surface area contributed by atoms with E-state index >= 15 is 0 Å². The number of hydrogen-bond donors (Lipinski definition) is 0. The van der Waals surface area contributed by atoms with Gasteiger partial charge in [-0.05, 0) is 30.9 Å². The number of hydrogen-bond acceptors (Lipinski definition) is 3. The van der Waals surface area contributed by atoms with E-state index in [0.29, 0.717) is 6.54 Å². The Morgan fingerprint density at radius 3 is 2.50 bits per heavy atom. The molecule has 1 amide bonds. The van der Waals surface area contributed by atoms with E-state index in [0.717, 1.165) is 56.2 Å². The summed E-state index contributed by atoms with van der Waals surface area (Å²) >= 11 is 0. The Morgan fingerprint density at radius 1 is 1.17 bits per heavy atom. The molecule has 24 heavy (non-hydrogen) atoms. The van der Waals surface area contributed by atoms with Crippen LogP contribution in [0.1, 0.15) is 44.1 Å². The highest BCUT2D eigenvalue weighted by Gasteiger charge is 2.32. The number of benzene rings is 1. The van der Waals surface area contributed by atoms with E-state index < -0.39 is 10.0 Å². The highest BCUT2D eigenvalue weighted by atomic mass is 32.2. The lowest BCUT2D eigenvalue weighted by Crippen LogP contribution is -2.46. The topological polar surface area (TPSA) is 57.7 Å². The van der Waals surface area contributed by atoms with E-state index in [-0.39, 0.29) is 18.5 Å². The minimum Gasteiger partial charge on any atom is -0.311 e. The zero-order valence-electron chi connectivity index (χ0n) is 14.3. The van der Waals surface area contributed by atoms with Crippen LogP contribution in [0.4, 0.5) is 5.69 Å². The Balaban J connectivity index is 1.77. The van der Waals surface area contributed by atoms with E-state index in [1.807, 2.05) is 24.3 Å². The van der Waals surface area contributed by atoms with Gasteiger partial charge in [-0.1, -0.05) is 43.9 Å².